The number of carbonyl (C=O) groups is 1. The molecule has 3 rings (SSSR count). The molecule has 1 heterocycles. The molecule has 1 saturated carbocycles. The zero-order chi connectivity index (χ0) is 18.5. The number of fused-ring (bicyclic) bond motifs is 1. The third-order valence-electron chi connectivity index (χ3n) is 5.26. The normalized spacial score (nSPS) is 21.2. The van der Waals surface area contributed by atoms with Crippen molar-refractivity contribution in [2.75, 3.05) is 13.7 Å². The van der Waals surface area contributed by atoms with Gasteiger partial charge in [-0.05, 0) is 50.2 Å². The van der Waals surface area contributed by atoms with E-state index >= 15 is 0 Å². The van der Waals surface area contributed by atoms with Crippen LogP contribution in [0.5, 0.6) is 0 Å². The second-order valence-electron chi connectivity index (χ2n) is 7.06. The topological polar surface area (TPSA) is 53.4 Å². The van der Waals surface area contributed by atoms with Gasteiger partial charge in [-0.1, -0.05) is 35.3 Å². The van der Waals surface area contributed by atoms with E-state index in [1.807, 2.05) is 22.9 Å². The molecule has 2 unspecified atom stereocenters. The van der Waals surface area contributed by atoms with Crippen molar-refractivity contribution in [1.29, 1.82) is 0 Å². The lowest BCUT2D eigenvalue weighted by atomic mass is 9.98. The van der Waals surface area contributed by atoms with Crippen molar-refractivity contribution >= 4 is 32.8 Å². The lowest BCUT2D eigenvalue weighted by molar-refractivity contribution is -0.145. The summed E-state index contributed by atoms with van der Waals surface area (Å²) in [6.07, 6.45) is 8.32. The molecule has 6 heteroatoms. The smallest absolute Gasteiger partial charge is 0.330 e. The zero-order valence-electron chi connectivity index (χ0n) is 15.5. The fourth-order valence-electron chi connectivity index (χ4n) is 3.82. The highest BCUT2D eigenvalue weighted by Crippen LogP contribution is 2.36. The minimum atomic E-state index is -0.397. The van der Waals surface area contributed by atoms with Crippen LogP contribution in [0.25, 0.3) is 10.9 Å². The Morgan fingerprint density at radius 1 is 1.42 bits per heavy atom. The minimum Gasteiger partial charge on any atom is -0.467 e. The maximum Gasteiger partial charge on any atom is 0.330 e. The number of aromatic nitrogens is 2. The maximum absolute atomic E-state index is 12.5. The van der Waals surface area contributed by atoms with Gasteiger partial charge < -0.3 is 9.47 Å². The molecule has 0 bridgehead atoms. The first-order chi connectivity index (χ1) is 12.6. The van der Waals surface area contributed by atoms with E-state index in [2.05, 4.69) is 28.0 Å². The molecule has 1 aliphatic carbocycles. The fourth-order valence-corrected chi connectivity index (χ4v) is 4.28. The van der Waals surface area contributed by atoms with Crippen molar-refractivity contribution < 1.29 is 14.3 Å². The molecule has 1 aliphatic rings. The summed E-state index contributed by atoms with van der Waals surface area (Å²) in [6, 6.07) is 5.54. The Bertz CT molecular complexity index is 746. The summed E-state index contributed by atoms with van der Waals surface area (Å²) < 4.78 is 13.9. The average molecular weight is 423 g/mol. The number of nitrogens with zero attached hydrogens (tertiary/aromatic N) is 2. The van der Waals surface area contributed by atoms with E-state index in [0.29, 0.717) is 12.0 Å². The first kappa shape index (κ1) is 19.4. The summed E-state index contributed by atoms with van der Waals surface area (Å²) in [7, 11) is 1.45. The molecule has 26 heavy (non-hydrogen) atoms. The lowest BCUT2D eigenvalue weighted by Crippen LogP contribution is -2.24. The van der Waals surface area contributed by atoms with Crippen LogP contribution in [0.1, 0.15) is 51.5 Å². The Balaban J connectivity index is 1.73. The van der Waals surface area contributed by atoms with Crippen LogP contribution in [-0.4, -0.2) is 35.6 Å². The van der Waals surface area contributed by atoms with Gasteiger partial charge in [0.1, 0.15) is 6.04 Å². The summed E-state index contributed by atoms with van der Waals surface area (Å²) in [5.41, 5.74) is 0.948. The van der Waals surface area contributed by atoms with Gasteiger partial charge in [-0.3, -0.25) is 4.68 Å². The predicted octanol–water partition coefficient (Wildman–Crippen LogP) is 4.89. The number of unbranched alkanes of at least 4 members (excludes halogenated alkanes) is 1. The van der Waals surface area contributed by atoms with Crippen molar-refractivity contribution in [3.63, 3.8) is 0 Å². The quantitative estimate of drug-likeness (QED) is 0.448. The van der Waals surface area contributed by atoms with E-state index in [1.165, 1.54) is 7.11 Å². The number of esters is 1. The Morgan fingerprint density at radius 2 is 2.27 bits per heavy atom. The summed E-state index contributed by atoms with van der Waals surface area (Å²) in [5.74, 6) is 0.224. The van der Waals surface area contributed by atoms with E-state index in [4.69, 9.17) is 9.47 Å². The average Bonchev–Trinajstić information content (AvgIpc) is 3.27. The van der Waals surface area contributed by atoms with Gasteiger partial charge in [0.05, 0.1) is 24.9 Å². The van der Waals surface area contributed by atoms with Crippen molar-refractivity contribution in [1.82, 2.24) is 9.78 Å². The van der Waals surface area contributed by atoms with Gasteiger partial charge in [0.15, 0.2) is 0 Å². The molecule has 5 nitrogen and oxygen atoms in total. The van der Waals surface area contributed by atoms with E-state index in [0.717, 1.165) is 60.5 Å². The van der Waals surface area contributed by atoms with Crippen LogP contribution in [0.15, 0.2) is 28.9 Å². The van der Waals surface area contributed by atoms with Gasteiger partial charge in [-0.2, -0.15) is 5.10 Å². The number of carbonyl (C=O) groups excluding carboxylic acids is 1. The molecular weight excluding hydrogens is 396 g/mol. The predicted molar refractivity (Wildman–Crippen MR) is 105 cm³/mol. The van der Waals surface area contributed by atoms with Gasteiger partial charge in [-0.15, -0.1) is 0 Å². The van der Waals surface area contributed by atoms with Crippen molar-refractivity contribution in [3.8, 4) is 0 Å². The molecule has 0 N–H and O–H groups in total. The number of hydrogen-bond donors (Lipinski definition) is 0. The summed E-state index contributed by atoms with van der Waals surface area (Å²) >= 11 is 3.55. The van der Waals surface area contributed by atoms with Crippen LogP contribution in [0.3, 0.4) is 0 Å². The van der Waals surface area contributed by atoms with Gasteiger partial charge in [-0.25, -0.2) is 4.79 Å². The zero-order valence-corrected chi connectivity index (χ0v) is 17.1. The van der Waals surface area contributed by atoms with Gasteiger partial charge >= 0.3 is 5.97 Å². The van der Waals surface area contributed by atoms with Gasteiger partial charge in [0.25, 0.3) is 0 Å². The monoisotopic (exact) mass is 422 g/mol. The van der Waals surface area contributed by atoms with E-state index in [-0.39, 0.29) is 5.97 Å². The number of ether oxygens (including phenoxy) is 2. The van der Waals surface area contributed by atoms with Crippen LogP contribution < -0.4 is 0 Å². The van der Waals surface area contributed by atoms with Crippen molar-refractivity contribution in [2.24, 2.45) is 5.92 Å². The highest BCUT2D eigenvalue weighted by Gasteiger charge is 2.32. The van der Waals surface area contributed by atoms with Crippen molar-refractivity contribution in [2.45, 2.75) is 57.6 Å². The molecule has 142 valence electrons. The molecule has 1 aromatic heterocycles. The first-order valence-corrected chi connectivity index (χ1v) is 10.2. The number of rotatable bonds is 8. The molecule has 1 fully saturated rings. The molecule has 0 saturated heterocycles. The fraction of sp³-hybridized carbons (Fsp3) is 0.600. The Labute approximate surface area is 163 Å². The molecular formula is C20H27BrN2O3. The van der Waals surface area contributed by atoms with Crippen LogP contribution in [-0.2, 0) is 14.3 Å². The molecule has 0 amide bonds. The van der Waals surface area contributed by atoms with E-state index in [9.17, 15) is 4.79 Å². The molecule has 3 atom stereocenters. The number of benzene rings is 1. The number of halogens is 1. The first-order valence-electron chi connectivity index (χ1n) is 9.45. The largest absolute Gasteiger partial charge is 0.467 e. The Morgan fingerprint density at radius 3 is 3.04 bits per heavy atom. The van der Waals surface area contributed by atoms with Crippen LogP contribution in [0, 0.1) is 5.92 Å². The second-order valence-corrected chi connectivity index (χ2v) is 7.92. The highest BCUT2D eigenvalue weighted by atomic mass is 79.9. The summed E-state index contributed by atoms with van der Waals surface area (Å²) in [6.45, 7) is 3.01. The van der Waals surface area contributed by atoms with Crippen molar-refractivity contribution in [3.05, 3.63) is 28.9 Å². The summed E-state index contributed by atoms with van der Waals surface area (Å²) in [5, 5.41) is 5.51. The lowest BCUT2D eigenvalue weighted by Gasteiger charge is -2.20. The molecule has 1 aromatic carbocycles. The summed E-state index contributed by atoms with van der Waals surface area (Å²) in [4.78, 5) is 12.5. The van der Waals surface area contributed by atoms with Crippen LogP contribution in [0.4, 0.5) is 0 Å². The van der Waals surface area contributed by atoms with E-state index in [1.54, 1.807) is 6.20 Å². The second kappa shape index (κ2) is 9.00. The molecule has 0 spiro atoms. The SMILES string of the molecule is CCCCOC1CC[C@H](CC(C(=O)OC)n2ncc3c(Br)cccc32)C1. The Kier molecular flexibility index (Phi) is 6.70. The third kappa shape index (κ3) is 4.29. The number of hydrogen-bond acceptors (Lipinski definition) is 4. The van der Waals surface area contributed by atoms with Gasteiger partial charge in [0, 0.05) is 16.5 Å². The standard InChI is InChI=1S/C20H27BrN2O3/c1-3-4-10-26-15-9-8-14(11-15)12-19(20(24)25-2)23-18-7-5-6-17(21)16(18)13-22-23/h5-7,13-15,19H,3-4,8-12H2,1-2H3/t14-,15?,19?/m0/s1. The molecule has 2 aromatic rings. The third-order valence-corrected chi connectivity index (χ3v) is 5.95. The highest BCUT2D eigenvalue weighted by molar-refractivity contribution is 9.10. The van der Waals surface area contributed by atoms with E-state index < -0.39 is 6.04 Å². The molecule has 0 aliphatic heterocycles. The number of methoxy groups -OCH3 is 1. The minimum absolute atomic E-state index is 0.231. The molecule has 0 radical (unpaired) electrons. The maximum atomic E-state index is 12.5. The van der Waals surface area contributed by atoms with Crippen LogP contribution >= 0.6 is 15.9 Å². The van der Waals surface area contributed by atoms with Crippen LogP contribution in [0.2, 0.25) is 0 Å². The Hall–Kier alpha value is -1.40. The van der Waals surface area contributed by atoms with Gasteiger partial charge in [0.2, 0.25) is 0 Å².